The van der Waals surface area contributed by atoms with Gasteiger partial charge in [0.15, 0.2) is 0 Å². The number of aliphatic hydroxyl groups is 1. The van der Waals surface area contributed by atoms with E-state index in [0.29, 0.717) is 13.2 Å². The number of ether oxygens (including phenoxy) is 1. The Morgan fingerprint density at radius 2 is 2.10 bits per heavy atom. The molecule has 20 heavy (non-hydrogen) atoms. The zero-order chi connectivity index (χ0) is 14.0. The van der Waals surface area contributed by atoms with E-state index in [1.54, 1.807) is 6.26 Å². The van der Waals surface area contributed by atoms with Gasteiger partial charge in [-0.15, -0.1) is 0 Å². The number of furan rings is 1. The van der Waals surface area contributed by atoms with Crippen molar-refractivity contribution in [1.82, 2.24) is 5.32 Å². The largest absolute Gasteiger partial charge is 0.491 e. The van der Waals surface area contributed by atoms with E-state index >= 15 is 0 Å². The van der Waals surface area contributed by atoms with Crippen LogP contribution in [-0.4, -0.2) is 24.9 Å². The van der Waals surface area contributed by atoms with Gasteiger partial charge in [-0.05, 0) is 24.3 Å². The van der Waals surface area contributed by atoms with Crippen molar-refractivity contribution in [3.8, 4) is 5.75 Å². The van der Waals surface area contributed by atoms with Crippen molar-refractivity contribution in [1.29, 1.82) is 0 Å². The van der Waals surface area contributed by atoms with Crippen molar-refractivity contribution >= 4 is 6.08 Å². The number of benzene rings is 1. The van der Waals surface area contributed by atoms with Gasteiger partial charge in [0.05, 0.1) is 12.9 Å². The molecular formula is C16H19NO3. The summed E-state index contributed by atoms with van der Waals surface area (Å²) in [5.41, 5.74) is 1.08. The van der Waals surface area contributed by atoms with Crippen LogP contribution < -0.4 is 10.1 Å². The van der Waals surface area contributed by atoms with Crippen LogP contribution in [0, 0.1) is 0 Å². The molecule has 0 amide bonds. The predicted octanol–water partition coefficient (Wildman–Crippen LogP) is 2.45. The Hall–Kier alpha value is -2.04. The lowest BCUT2D eigenvalue weighted by molar-refractivity contribution is 0.200. The lowest BCUT2D eigenvalue weighted by Gasteiger charge is -2.10. The molecule has 0 saturated heterocycles. The second-order valence-electron chi connectivity index (χ2n) is 4.23. The Balaban J connectivity index is 1.78. The first-order valence-corrected chi connectivity index (χ1v) is 6.62. The van der Waals surface area contributed by atoms with Gasteiger partial charge in [0.25, 0.3) is 0 Å². The van der Waals surface area contributed by atoms with Gasteiger partial charge in [-0.2, -0.15) is 0 Å². The summed E-state index contributed by atoms with van der Waals surface area (Å²) in [6, 6.07) is 11.6. The maximum atomic E-state index is 8.80. The number of hydrogen-bond donors (Lipinski definition) is 2. The van der Waals surface area contributed by atoms with Crippen molar-refractivity contribution in [3.05, 3.63) is 60.1 Å². The molecule has 0 unspecified atom stereocenters. The van der Waals surface area contributed by atoms with E-state index < -0.39 is 0 Å². The zero-order valence-electron chi connectivity index (χ0n) is 11.3. The number of rotatable bonds is 8. The first kappa shape index (κ1) is 14.4. The molecule has 0 aliphatic heterocycles. The van der Waals surface area contributed by atoms with Crippen LogP contribution in [0.25, 0.3) is 6.08 Å². The van der Waals surface area contributed by atoms with Crippen LogP contribution in [0.3, 0.4) is 0 Å². The lowest BCUT2D eigenvalue weighted by Crippen LogP contribution is -2.14. The van der Waals surface area contributed by atoms with E-state index in [-0.39, 0.29) is 6.61 Å². The Labute approximate surface area is 118 Å². The topological polar surface area (TPSA) is 54.6 Å². The fourth-order valence-electron chi connectivity index (χ4n) is 1.80. The summed E-state index contributed by atoms with van der Waals surface area (Å²) in [6.45, 7) is 1.79. The van der Waals surface area contributed by atoms with Gasteiger partial charge in [-0.25, -0.2) is 0 Å². The molecular weight excluding hydrogens is 254 g/mol. The summed E-state index contributed by atoms with van der Waals surface area (Å²) < 4.78 is 10.7. The molecule has 4 heteroatoms. The van der Waals surface area contributed by atoms with Crippen molar-refractivity contribution < 1.29 is 14.3 Å². The van der Waals surface area contributed by atoms with E-state index in [9.17, 15) is 0 Å². The highest BCUT2D eigenvalue weighted by Crippen LogP contribution is 2.17. The summed E-state index contributed by atoms with van der Waals surface area (Å²) in [6.07, 6.45) is 5.60. The average Bonchev–Trinajstić information content (AvgIpc) is 2.99. The van der Waals surface area contributed by atoms with Crippen LogP contribution >= 0.6 is 0 Å². The van der Waals surface area contributed by atoms with Gasteiger partial charge in [0.2, 0.25) is 0 Å². The maximum absolute atomic E-state index is 8.80. The van der Waals surface area contributed by atoms with Gasteiger partial charge in [-0.1, -0.05) is 24.3 Å². The molecule has 2 rings (SSSR count). The van der Waals surface area contributed by atoms with Crippen LogP contribution in [0.5, 0.6) is 5.75 Å². The van der Waals surface area contributed by atoms with Gasteiger partial charge >= 0.3 is 0 Å². The molecule has 0 atom stereocenters. The summed E-state index contributed by atoms with van der Waals surface area (Å²) in [5, 5.41) is 12.1. The highest BCUT2D eigenvalue weighted by atomic mass is 16.5. The Bertz CT molecular complexity index is 520. The predicted molar refractivity (Wildman–Crippen MR) is 78.5 cm³/mol. The van der Waals surface area contributed by atoms with E-state index in [4.69, 9.17) is 14.3 Å². The smallest absolute Gasteiger partial charge is 0.126 e. The van der Waals surface area contributed by atoms with Crippen LogP contribution in [0.15, 0.2) is 53.2 Å². The molecule has 1 aromatic heterocycles. The number of hydrogen-bond acceptors (Lipinski definition) is 4. The van der Waals surface area contributed by atoms with Crippen LogP contribution in [-0.2, 0) is 6.54 Å². The average molecular weight is 273 g/mol. The van der Waals surface area contributed by atoms with Gasteiger partial charge in [-0.3, -0.25) is 0 Å². The normalized spacial score (nSPS) is 11.1. The van der Waals surface area contributed by atoms with Crippen molar-refractivity contribution in [2.45, 2.75) is 6.54 Å². The van der Waals surface area contributed by atoms with E-state index in [0.717, 1.165) is 23.6 Å². The number of nitrogens with one attached hydrogen (secondary N) is 1. The summed E-state index contributed by atoms with van der Waals surface area (Å²) in [4.78, 5) is 0. The molecule has 0 fully saturated rings. The van der Waals surface area contributed by atoms with Gasteiger partial charge in [0, 0.05) is 18.7 Å². The van der Waals surface area contributed by atoms with Crippen LogP contribution in [0.4, 0.5) is 0 Å². The highest BCUT2D eigenvalue weighted by molar-refractivity contribution is 5.42. The Kier molecular flexibility index (Phi) is 5.89. The zero-order valence-corrected chi connectivity index (χ0v) is 11.3. The standard InChI is InChI=1S/C16H19NO3/c18-10-12-20-16-8-2-1-5-14(16)13-17-9-3-6-15-7-4-11-19-15/h1-8,11,17-18H,9-10,12-13H2/b6-3+. The van der Waals surface area contributed by atoms with Crippen LogP contribution in [0.1, 0.15) is 11.3 Å². The molecule has 1 aromatic carbocycles. The highest BCUT2D eigenvalue weighted by Gasteiger charge is 2.01. The third kappa shape index (κ3) is 4.57. The third-order valence-corrected chi connectivity index (χ3v) is 2.72. The minimum atomic E-state index is 0.0215. The van der Waals surface area contributed by atoms with Crippen molar-refractivity contribution in [2.75, 3.05) is 19.8 Å². The fourth-order valence-corrected chi connectivity index (χ4v) is 1.80. The molecule has 2 aromatic rings. The maximum Gasteiger partial charge on any atom is 0.126 e. The monoisotopic (exact) mass is 273 g/mol. The number of aliphatic hydroxyl groups excluding tert-OH is 1. The minimum absolute atomic E-state index is 0.0215. The lowest BCUT2D eigenvalue weighted by atomic mass is 10.2. The molecule has 1 heterocycles. The first-order chi connectivity index (χ1) is 9.90. The molecule has 2 N–H and O–H groups in total. The molecule has 0 aliphatic rings. The van der Waals surface area contributed by atoms with Gasteiger partial charge < -0.3 is 19.6 Å². The summed E-state index contributed by atoms with van der Waals surface area (Å²) >= 11 is 0. The quantitative estimate of drug-likeness (QED) is 0.725. The van der Waals surface area contributed by atoms with Crippen molar-refractivity contribution in [3.63, 3.8) is 0 Å². The van der Waals surface area contributed by atoms with Crippen molar-refractivity contribution in [2.24, 2.45) is 0 Å². The first-order valence-electron chi connectivity index (χ1n) is 6.62. The Morgan fingerprint density at radius 3 is 2.90 bits per heavy atom. The number of para-hydroxylation sites is 1. The molecule has 0 radical (unpaired) electrons. The van der Waals surface area contributed by atoms with E-state index in [2.05, 4.69) is 5.32 Å². The molecule has 0 bridgehead atoms. The van der Waals surface area contributed by atoms with Crippen LogP contribution in [0.2, 0.25) is 0 Å². The molecule has 4 nitrogen and oxygen atoms in total. The third-order valence-electron chi connectivity index (χ3n) is 2.72. The summed E-state index contributed by atoms with van der Waals surface area (Å²) in [7, 11) is 0. The van der Waals surface area contributed by atoms with E-state index in [1.165, 1.54) is 0 Å². The molecule has 0 aliphatic carbocycles. The molecule has 0 spiro atoms. The molecule has 0 saturated carbocycles. The van der Waals surface area contributed by atoms with E-state index in [1.807, 2.05) is 48.6 Å². The summed E-state index contributed by atoms with van der Waals surface area (Å²) in [5.74, 6) is 1.66. The molecule has 106 valence electrons. The SMILES string of the molecule is OCCOc1ccccc1CNC/C=C/c1ccco1. The second kappa shape index (κ2) is 8.19. The minimum Gasteiger partial charge on any atom is -0.491 e. The second-order valence-corrected chi connectivity index (χ2v) is 4.23. The fraction of sp³-hybridized carbons (Fsp3) is 0.250. The van der Waals surface area contributed by atoms with Gasteiger partial charge in [0.1, 0.15) is 18.1 Å². The Morgan fingerprint density at radius 1 is 1.20 bits per heavy atom.